The van der Waals surface area contributed by atoms with Gasteiger partial charge in [-0.15, -0.1) is 0 Å². The molecule has 4 nitrogen and oxygen atoms in total. The van der Waals surface area contributed by atoms with Crippen LogP contribution in [0.3, 0.4) is 0 Å². The van der Waals surface area contributed by atoms with Crippen LogP contribution in [0, 0.1) is 0 Å². The number of aliphatic hydroxyl groups excluding tert-OH is 1. The predicted octanol–water partition coefficient (Wildman–Crippen LogP) is 0.501. The van der Waals surface area contributed by atoms with Crippen LogP contribution in [0.25, 0.3) is 0 Å². The maximum atomic E-state index is 10.8. The molecule has 0 heterocycles. The standard InChI is InChI=1S/C9H16O4/c1-4-13-9(11)6-5-8(12-3)7(2)10/h5-8,10H,4H2,1-3H3/b6-5+/t7-,8+/m1/s1. The lowest BCUT2D eigenvalue weighted by Crippen LogP contribution is -2.22. The molecule has 0 aromatic carbocycles. The van der Waals surface area contributed by atoms with Gasteiger partial charge in [-0.05, 0) is 19.9 Å². The normalized spacial score (nSPS) is 15.7. The van der Waals surface area contributed by atoms with Crippen molar-refractivity contribution in [3.8, 4) is 0 Å². The lowest BCUT2D eigenvalue weighted by atomic mass is 10.2. The molecule has 0 aliphatic heterocycles. The first-order valence-corrected chi connectivity index (χ1v) is 4.17. The Balaban J connectivity index is 3.99. The van der Waals surface area contributed by atoms with E-state index in [1.54, 1.807) is 13.8 Å². The Morgan fingerprint density at radius 3 is 2.62 bits per heavy atom. The minimum atomic E-state index is -0.643. The van der Waals surface area contributed by atoms with E-state index in [4.69, 9.17) is 9.84 Å². The largest absolute Gasteiger partial charge is 0.463 e. The van der Waals surface area contributed by atoms with Gasteiger partial charge in [-0.25, -0.2) is 4.79 Å². The van der Waals surface area contributed by atoms with Crippen molar-refractivity contribution in [1.29, 1.82) is 0 Å². The Morgan fingerprint density at radius 1 is 1.62 bits per heavy atom. The summed E-state index contributed by atoms with van der Waals surface area (Å²) in [4.78, 5) is 10.8. The van der Waals surface area contributed by atoms with E-state index in [1.165, 1.54) is 19.3 Å². The first-order chi connectivity index (χ1) is 6.11. The van der Waals surface area contributed by atoms with Crippen LogP contribution in [0.15, 0.2) is 12.2 Å². The molecule has 0 aromatic heterocycles. The molecule has 0 aliphatic rings. The summed E-state index contributed by atoms with van der Waals surface area (Å²) in [5, 5.41) is 9.13. The number of hydrogen-bond donors (Lipinski definition) is 1. The third kappa shape index (κ3) is 5.38. The van der Waals surface area contributed by atoms with Gasteiger partial charge in [0, 0.05) is 13.2 Å². The second kappa shape index (κ2) is 6.62. The summed E-state index contributed by atoms with van der Waals surface area (Å²) in [5.41, 5.74) is 0. The molecule has 0 spiro atoms. The quantitative estimate of drug-likeness (QED) is 0.504. The molecule has 13 heavy (non-hydrogen) atoms. The van der Waals surface area contributed by atoms with Crippen LogP contribution in [-0.2, 0) is 14.3 Å². The summed E-state index contributed by atoms with van der Waals surface area (Å²) in [7, 11) is 1.47. The summed E-state index contributed by atoms with van der Waals surface area (Å²) in [6.07, 6.45) is 1.62. The van der Waals surface area contributed by atoms with E-state index in [9.17, 15) is 4.79 Å². The molecule has 0 rings (SSSR count). The first kappa shape index (κ1) is 12.1. The molecule has 0 aliphatic carbocycles. The number of carbonyl (C=O) groups is 1. The molecule has 76 valence electrons. The lowest BCUT2D eigenvalue weighted by molar-refractivity contribution is -0.137. The summed E-state index contributed by atoms with van der Waals surface area (Å²) >= 11 is 0. The van der Waals surface area contributed by atoms with Gasteiger partial charge in [-0.1, -0.05) is 0 Å². The minimum absolute atomic E-state index is 0.343. The summed E-state index contributed by atoms with van der Waals surface area (Å²) in [6.45, 7) is 3.66. The Hall–Kier alpha value is -0.870. The zero-order valence-electron chi connectivity index (χ0n) is 8.19. The van der Waals surface area contributed by atoms with Crippen LogP contribution in [0.2, 0.25) is 0 Å². The molecular weight excluding hydrogens is 172 g/mol. The van der Waals surface area contributed by atoms with E-state index < -0.39 is 18.2 Å². The molecule has 2 atom stereocenters. The van der Waals surface area contributed by atoms with Gasteiger partial charge < -0.3 is 14.6 Å². The van der Waals surface area contributed by atoms with Crippen molar-refractivity contribution in [1.82, 2.24) is 0 Å². The highest BCUT2D eigenvalue weighted by Gasteiger charge is 2.09. The van der Waals surface area contributed by atoms with Gasteiger partial charge in [0.1, 0.15) is 6.10 Å². The average molecular weight is 188 g/mol. The molecular formula is C9H16O4. The first-order valence-electron chi connectivity index (χ1n) is 4.17. The van der Waals surface area contributed by atoms with Crippen molar-refractivity contribution in [3.05, 3.63) is 12.2 Å². The Kier molecular flexibility index (Phi) is 6.18. The van der Waals surface area contributed by atoms with Crippen molar-refractivity contribution in [2.75, 3.05) is 13.7 Å². The highest BCUT2D eigenvalue weighted by atomic mass is 16.5. The van der Waals surface area contributed by atoms with Crippen molar-refractivity contribution in [2.24, 2.45) is 0 Å². The number of hydrogen-bond acceptors (Lipinski definition) is 4. The monoisotopic (exact) mass is 188 g/mol. The molecule has 0 aromatic rings. The number of rotatable bonds is 5. The fourth-order valence-electron chi connectivity index (χ4n) is 0.800. The highest BCUT2D eigenvalue weighted by molar-refractivity contribution is 5.81. The third-order valence-corrected chi connectivity index (χ3v) is 1.46. The number of methoxy groups -OCH3 is 1. The maximum absolute atomic E-state index is 10.8. The van der Waals surface area contributed by atoms with E-state index in [2.05, 4.69) is 4.74 Å². The zero-order chi connectivity index (χ0) is 10.3. The van der Waals surface area contributed by atoms with Gasteiger partial charge in [-0.2, -0.15) is 0 Å². The zero-order valence-corrected chi connectivity index (χ0v) is 8.19. The maximum Gasteiger partial charge on any atom is 0.330 e. The van der Waals surface area contributed by atoms with E-state index in [-0.39, 0.29) is 0 Å². The van der Waals surface area contributed by atoms with Gasteiger partial charge in [0.25, 0.3) is 0 Å². The van der Waals surface area contributed by atoms with Crippen molar-refractivity contribution in [3.63, 3.8) is 0 Å². The Labute approximate surface area is 78.2 Å². The molecule has 0 amide bonds. The van der Waals surface area contributed by atoms with E-state index in [0.717, 1.165) is 0 Å². The smallest absolute Gasteiger partial charge is 0.330 e. The summed E-state index contributed by atoms with van der Waals surface area (Å²) in [5.74, 6) is -0.426. The van der Waals surface area contributed by atoms with Crippen LogP contribution in [0.4, 0.5) is 0 Å². The van der Waals surface area contributed by atoms with Gasteiger partial charge in [0.2, 0.25) is 0 Å². The SMILES string of the molecule is CCOC(=O)/C=C/[C@H](OC)[C@@H](C)O. The van der Waals surface area contributed by atoms with Gasteiger partial charge in [0.05, 0.1) is 12.7 Å². The van der Waals surface area contributed by atoms with Crippen molar-refractivity contribution in [2.45, 2.75) is 26.1 Å². The molecule has 0 fully saturated rings. The van der Waals surface area contributed by atoms with E-state index in [0.29, 0.717) is 6.61 Å². The third-order valence-electron chi connectivity index (χ3n) is 1.46. The summed E-state index contributed by atoms with van der Waals surface area (Å²) in [6, 6.07) is 0. The number of aliphatic hydroxyl groups is 1. The van der Waals surface area contributed by atoms with Gasteiger partial charge >= 0.3 is 5.97 Å². The molecule has 4 heteroatoms. The second-order valence-electron chi connectivity index (χ2n) is 2.55. The predicted molar refractivity (Wildman–Crippen MR) is 48.3 cm³/mol. The summed E-state index contributed by atoms with van der Waals surface area (Å²) < 4.78 is 9.55. The minimum Gasteiger partial charge on any atom is -0.463 e. The Morgan fingerprint density at radius 2 is 2.23 bits per heavy atom. The van der Waals surface area contributed by atoms with Gasteiger partial charge in [0.15, 0.2) is 0 Å². The van der Waals surface area contributed by atoms with Crippen LogP contribution >= 0.6 is 0 Å². The number of esters is 1. The molecule has 0 radical (unpaired) electrons. The lowest BCUT2D eigenvalue weighted by Gasteiger charge is -2.12. The molecule has 0 saturated carbocycles. The Bertz CT molecular complexity index is 174. The topological polar surface area (TPSA) is 55.8 Å². The average Bonchev–Trinajstić information content (AvgIpc) is 2.05. The molecule has 0 unspecified atom stereocenters. The highest BCUT2D eigenvalue weighted by Crippen LogP contribution is 1.99. The van der Waals surface area contributed by atoms with Crippen LogP contribution in [-0.4, -0.2) is 37.0 Å². The van der Waals surface area contributed by atoms with Crippen molar-refractivity contribution >= 4 is 5.97 Å². The van der Waals surface area contributed by atoms with Crippen LogP contribution in [0.1, 0.15) is 13.8 Å². The number of carbonyl (C=O) groups excluding carboxylic acids is 1. The van der Waals surface area contributed by atoms with E-state index >= 15 is 0 Å². The molecule has 0 saturated heterocycles. The fourth-order valence-corrected chi connectivity index (χ4v) is 0.800. The fraction of sp³-hybridized carbons (Fsp3) is 0.667. The second-order valence-corrected chi connectivity index (χ2v) is 2.55. The van der Waals surface area contributed by atoms with Crippen molar-refractivity contribution < 1.29 is 19.4 Å². The van der Waals surface area contributed by atoms with Crippen LogP contribution in [0.5, 0.6) is 0 Å². The molecule has 0 bridgehead atoms. The van der Waals surface area contributed by atoms with Gasteiger partial charge in [-0.3, -0.25) is 0 Å². The molecule has 1 N–H and O–H groups in total. The van der Waals surface area contributed by atoms with E-state index in [1.807, 2.05) is 0 Å². The number of ether oxygens (including phenoxy) is 2. The van der Waals surface area contributed by atoms with Crippen LogP contribution < -0.4 is 0 Å².